The number of nitrogens with one attached hydrogen (secondary N) is 3. The van der Waals surface area contributed by atoms with Crippen molar-refractivity contribution in [1.29, 1.82) is 0 Å². The highest BCUT2D eigenvalue weighted by Crippen LogP contribution is 2.18. The van der Waals surface area contributed by atoms with Crippen molar-refractivity contribution in [3.63, 3.8) is 0 Å². The summed E-state index contributed by atoms with van der Waals surface area (Å²) in [6, 6.07) is -1.87. The molecule has 0 saturated carbocycles. The zero-order valence-electron chi connectivity index (χ0n) is 29.4. The number of amides is 3. The van der Waals surface area contributed by atoms with E-state index in [9.17, 15) is 27.4 Å². The van der Waals surface area contributed by atoms with Crippen LogP contribution in [-0.4, -0.2) is 91.7 Å². The van der Waals surface area contributed by atoms with Gasteiger partial charge in [0.25, 0.3) is 0 Å². The highest BCUT2D eigenvalue weighted by molar-refractivity contribution is 7.83. The smallest absolute Gasteiger partial charge is 0.336 e. The Bertz CT molecular complexity index is 1080. The van der Waals surface area contributed by atoms with Gasteiger partial charge in [-0.2, -0.15) is 12.7 Å². The molecule has 2 unspecified atom stereocenters. The molecule has 0 aliphatic rings. The third kappa shape index (κ3) is 24.9. The Balaban J connectivity index is 5.49. The number of rotatable bonds is 29. The summed E-state index contributed by atoms with van der Waals surface area (Å²) in [7, 11) is -4.88. The van der Waals surface area contributed by atoms with Gasteiger partial charge in [-0.25, -0.2) is 0 Å². The van der Waals surface area contributed by atoms with Crippen molar-refractivity contribution in [3.05, 3.63) is 0 Å². The van der Waals surface area contributed by atoms with Crippen LogP contribution in [0.15, 0.2) is 9.98 Å². The summed E-state index contributed by atoms with van der Waals surface area (Å²) in [6.07, 6.45) is 10.7. The van der Waals surface area contributed by atoms with E-state index in [1.807, 2.05) is 13.8 Å². The van der Waals surface area contributed by atoms with Crippen LogP contribution in [0.5, 0.6) is 0 Å². The molecule has 0 spiro atoms. The maximum absolute atomic E-state index is 13.2. The van der Waals surface area contributed by atoms with Crippen molar-refractivity contribution in [3.8, 4) is 0 Å². The Morgan fingerprint density at radius 2 is 1.27 bits per heavy atom. The molecule has 16 nitrogen and oxygen atoms in total. The fourth-order valence-electron chi connectivity index (χ4n) is 5.08. The van der Waals surface area contributed by atoms with E-state index in [-0.39, 0.29) is 30.7 Å². The van der Waals surface area contributed by atoms with Crippen LogP contribution in [-0.2, 0) is 24.7 Å². The molecular weight excluding hydrogens is 640 g/mol. The molecule has 0 aliphatic heterocycles. The molecule has 0 aromatic rings. The Morgan fingerprint density at radius 1 is 0.750 bits per heavy atom. The summed E-state index contributed by atoms with van der Waals surface area (Å²) in [4.78, 5) is 46.9. The van der Waals surface area contributed by atoms with Gasteiger partial charge in [0, 0.05) is 38.6 Å². The van der Waals surface area contributed by atoms with Gasteiger partial charge in [0.15, 0.2) is 11.9 Å². The number of aliphatic imine (C=N–C) groups is 2. The molecule has 0 radical (unpaired) electrons. The van der Waals surface area contributed by atoms with Gasteiger partial charge in [-0.1, -0.05) is 65.7 Å². The first-order valence-electron chi connectivity index (χ1n) is 17.4. The van der Waals surface area contributed by atoms with Gasteiger partial charge >= 0.3 is 10.3 Å². The van der Waals surface area contributed by atoms with Gasteiger partial charge in [0.05, 0.1) is 6.54 Å². The molecular formula is C31H64N10O6S. The van der Waals surface area contributed by atoms with E-state index in [1.165, 1.54) is 0 Å². The third-order valence-electron chi connectivity index (χ3n) is 7.55. The second kappa shape index (κ2) is 26.7. The van der Waals surface area contributed by atoms with Crippen LogP contribution >= 0.6 is 0 Å². The summed E-state index contributed by atoms with van der Waals surface area (Å²) in [6.45, 7) is 6.82. The van der Waals surface area contributed by atoms with Gasteiger partial charge < -0.3 is 38.9 Å². The van der Waals surface area contributed by atoms with Gasteiger partial charge in [-0.3, -0.25) is 28.9 Å². The molecule has 0 heterocycles. The summed E-state index contributed by atoms with van der Waals surface area (Å²) in [5.41, 5.74) is 21.3. The maximum atomic E-state index is 13.2. The number of nitrogens with zero attached hydrogens (tertiary/aromatic N) is 3. The van der Waals surface area contributed by atoms with Gasteiger partial charge in [0.2, 0.25) is 17.7 Å². The lowest BCUT2D eigenvalue weighted by Gasteiger charge is -2.29. The van der Waals surface area contributed by atoms with Crippen LogP contribution < -0.4 is 38.9 Å². The number of nitrogens with two attached hydrogens (primary N) is 4. The number of hydrogen-bond acceptors (Lipinski definition) is 7. The molecule has 0 saturated heterocycles. The SMILES string of the molecule is CCCCCCCCCC(CC(=O)NCCCCCN=C(N)N)N(CC(=O)NC(CC(C)C)C(=O)NCCCCN=C(N)N)S(=O)(=O)O. The fraction of sp³-hybridized carbons (Fsp3) is 0.839. The van der Waals surface area contributed by atoms with E-state index in [4.69, 9.17) is 22.9 Å². The first-order valence-corrected chi connectivity index (χ1v) is 18.8. The number of carbonyl (C=O) groups is 3. The van der Waals surface area contributed by atoms with E-state index in [0.29, 0.717) is 62.6 Å². The molecule has 0 aromatic heterocycles. The van der Waals surface area contributed by atoms with Crippen LogP contribution in [0.3, 0.4) is 0 Å². The van der Waals surface area contributed by atoms with Crippen LogP contribution in [0.1, 0.15) is 117 Å². The van der Waals surface area contributed by atoms with Gasteiger partial charge in [-0.15, -0.1) is 0 Å². The van der Waals surface area contributed by atoms with Crippen LogP contribution in [0.2, 0.25) is 0 Å². The molecule has 0 aliphatic carbocycles. The average Bonchev–Trinajstić information content (AvgIpc) is 2.98. The number of unbranched alkanes of at least 4 members (excludes halogenated alkanes) is 9. The largest absolute Gasteiger partial charge is 0.370 e. The zero-order valence-corrected chi connectivity index (χ0v) is 30.2. The molecule has 0 fully saturated rings. The first-order chi connectivity index (χ1) is 22.7. The Hall–Kier alpha value is -3.18. The number of hydrogen-bond donors (Lipinski definition) is 8. The van der Waals surface area contributed by atoms with Crippen LogP contribution in [0.25, 0.3) is 0 Å². The maximum Gasteiger partial charge on any atom is 0.336 e. The Labute approximate surface area is 287 Å². The van der Waals surface area contributed by atoms with E-state index in [1.54, 1.807) is 0 Å². The molecule has 2 atom stereocenters. The summed E-state index contributed by atoms with van der Waals surface area (Å²) < 4.78 is 36.1. The molecule has 17 heteroatoms. The van der Waals surface area contributed by atoms with E-state index in [0.717, 1.165) is 51.4 Å². The van der Waals surface area contributed by atoms with Crippen LogP contribution in [0.4, 0.5) is 0 Å². The van der Waals surface area contributed by atoms with Crippen LogP contribution in [0, 0.1) is 5.92 Å². The molecule has 48 heavy (non-hydrogen) atoms. The lowest BCUT2D eigenvalue weighted by molar-refractivity contribution is -0.129. The predicted molar refractivity (Wildman–Crippen MR) is 191 cm³/mol. The molecule has 0 rings (SSSR count). The van der Waals surface area contributed by atoms with Gasteiger partial charge in [0.1, 0.15) is 6.04 Å². The average molecular weight is 705 g/mol. The molecule has 0 aromatic carbocycles. The predicted octanol–water partition coefficient (Wildman–Crippen LogP) is 1.25. The Kier molecular flexibility index (Phi) is 25.0. The third-order valence-corrected chi connectivity index (χ3v) is 8.57. The summed E-state index contributed by atoms with van der Waals surface area (Å²) in [5, 5.41) is 8.23. The topological polar surface area (TPSA) is 274 Å². The molecule has 0 bridgehead atoms. The molecule has 3 amide bonds. The van der Waals surface area contributed by atoms with Crippen molar-refractivity contribution in [2.75, 3.05) is 32.7 Å². The second-order valence-corrected chi connectivity index (χ2v) is 13.9. The normalized spacial score (nSPS) is 12.7. The zero-order chi connectivity index (χ0) is 36.4. The second-order valence-electron chi connectivity index (χ2n) is 12.6. The van der Waals surface area contributed by atoms with Gasteiger partial charge in [-0.05, 0) is 50.9 Å². The van der Waals surface area contributed by atoms with Crippen molar-refractivity contribution in [2.45, 2.75) is 129 Å². The molecule has 280 valence electrons. The van der Waals surface area contributed by atoms with Crippen molar-refractivity contribution < 1.29 is 27.4 Å². The summed E-state index contributed by atoms with van der Waals surface area (Å²) >= 11 is 0. The highest BCUT2D eigenvalue weighted by atomic mass is 32.2. The minimum absolute atomic E-state index is 0.00439. The fourth-order valence-corrected chi connectivity index (χ4v) is 5.92. The molecule has 12 N–H and O–H groups in total. The van der Waals surface area contributed by atoms with E-state index in [2.05, 4.69) is 32.9 Å². The Morgan fingerprint density at radius 3 is 1.83 bits per heavy atom. The monoisotopic (exact) mass is 704 g/mol. The van der Waals surface area contributed by atoms with Crippen molar-refractivity contribution >= 4 is 39.9 Å². The minimum atomic E-state index is -4.88. The number of guanidine groups is 2. The highest BCUT2D eigenvalue weighted by Gasteiger charge is 2.33. The van der Waals surface area contributed by atoms with Crippen molar-refractivity contribution in [2.24, 2.45) is 38.8 Å². The van der Waals surface area contributed by atoms with E-state index < -0.39 is 46.7 Å². The minimum Gasteiger partial charge on any atom is -0.370 e. The number of carbonyl (C=O) groups excluding carboxylic acids is 3. The lowest BCUT2D eigenvalue weighted by Crippen LogP contribution is -2.52. The standard InChI is InChI=1S/C31H64N10O6S/c1-4-5-6-7-8-9-11-16-25(22-27(42)36-17-12-10-13-19-38-30(32)33)41(48(45,46)47)23-28(43)40-26(21-24(2)3)29(44)37-18-14-15-20-39-31(34)35/h24-26H,4-23H2,1-3H3,(H,36,42)(H,37,44)(H,40,43)(H4,32,33,38)(H4,34,35,39)(H,45,46,47). The summed E-state index contributed by atoms with van der Waals surface area (Å²) in [5.74, 6) is -1.49. The van der Waals surface area contributed by atoms with E-state index >= 15 is 0 Å². The quantitative estimate of drug-likeness (QED) is 0.0239. The first kappa shape index (κ1) is 44.8. The lowest BCUT2D eigenvalue weighted by atomic mass is 10.0. The van der Waals surface area contributed by atoms with Crippen molar-refractivity contribution in [1.82, 2.24) is 20.3 Å².